The van der Waals surface area contributed by atoms with Crippen LogP contribution in [0.4, 0.5) is 22.0 Å². The molecule has 1 N–H and O–H groups in total. The van der Waals surface area contributed by atoms with E-state index < -0.39 is 46.3 Å². The quantitative estimate of drug-likeness (QED) is 0.831. The fourth-order valence-electron chi connectivity index (χ4n) is 1.73. The van der Waals surface area contributed by atoms with Crippen LogP contribution >= 0.6 is 0 Å². The van der Waals surface area contributed by atoms with Gasteiger partial charge in [0.1, 0.15) is 35.2 Å². The number of benzene rings is 2. The van der Waals surface area contributed by atoms with Gasteiger partial charge in [0, 0.05) is 12.1 Å². The van der Waals surface area contributed by atoms with Gasteiger partial charge >= 0.3 is 0 Å². The summed E-state index contributed by atoms with van der Waals surface area (Å²) in [7, 11) is 0. The summed E-state index contributed by atoms with van der Waals surface area (Å²) in [5.74, 6) is -6.36. The summed E-state index contributed by atoms with van der Waals surface area (Å²) in [4.78, 5) is 0. The molecule has 0 saturated carbocycles. The maximum atomic E-state index is 13.4. The zero-order chi connectivity index (χ0) is 14.2. The highest BCUT2D eigenvalue weighted by Gasteiger charge is 2.26. The average molecular weight is 274 g/mol. The van der Waals surface area contributed by atoms with Gasteiger partial charge in [0.15, 0.2) is 0 Å². The lowest BCUT2D eigenvalue weighted by Crippen LogP contribution is -2.10. The van der Waals surface area contributed by atoms with Crippen molar-refractivity contribution in [2.45, 2.75) is 6.10 Å². The smallest absolute Gasteiger partial charge is 0.135 e. The Labute approximate surface area is 104 Å². The van der Waals surface area contributed by atoms with Crippen LogP contribution in [0.15, 0.2) is 30.3 Å². The first-order valence-corrected chi connectivity index (χ1v) is 5.18. The minimum absolute atomic E-state index is 0.320. The van der Waals surface area contributed by atoms with Crippen molar-refractivity contribution in [3.8, 4) is 0 Å². The summed E-state index contributed by atoms with van der Waals surface area (Å²) < 4.78 is 66.4. The Balaban J connectivity index is 2.60. The highest BCUT2D eigenvalue weighted by molar-refractivity contribution is 5.33. The standard InChI is InChI=1S/C13H7F5O/c14-6-4-9(17)12(10(18)5-6)13(19)11-7(15)2-1-3-8(11)16/h1-5,13,19H. The Hall–Kier alpha value is -1.95. The van der Waals surface area contributed by atoms with Crippen molar-refractivity contribution >= 4 is 0 Å². The van der Waals surface area contributed by atoms with Gasteiger partial charge in [-0.2, -0.15) is 0 Å². The van der Waals surface area contributed by atoms with Crippen LogP contribution in [0.2, 0.25) is 0 Å². The van der Waals surface area contributed by atoms with Gasteiger partial charge in [-0.25, -0.2) is 22.0 Å². The van der Waals surface area contributed by atoms with Crippen LogP contribution in [0.25, 0.3) is 0 Å². The number of aliphatic hydroxyl groups excluding tert-OH is 1. The van der Waals surface area contributed by atoms with Crippen molar-refractivity contribution in [1.82, 2.24) is 0 Å². The summed E-state index contributed by atoms with van der Waals surface area (Å²) in [6, 6.07) is 3.35. The number of aliphatic hydroxyl groups is 1. The first-order valence-electron chi connectivity index (χ1n) is 5.18. The van der Waals surface area contributed by atoms with Crippen LogP contribution in [0.3, 0.4) is 0 Å². The predicted molar refractivity (Wildman–Crippen MR) is 56.7 cm³/mol. The molecular formula is C13H7F5O. The van der Waals surface area contributed by atoms with Crippen molar-refractivity contribution in [2.24, 2.45) is 0 Å². The SMILES string of the molecule is OC(c1c(F)cccc1F)c1c(F)cc(F)cc1F. The van der Waals surface area contributed by atoms with Gasteiger partial charge in [-0.3, -0.25) is 0 Å². The Morgan fingerprint density at radius 3 is 1.63 bits per heavy atom. The van der Waals surface area contributed by atoms with E-state index in [0.29, 0.717) is 12.1 Å². The fourth-order valence-corrected chi connectivity index (χ4v) is 1.73. The third-order valence-corrected chi connectivity index (χ3v) is 2.59. The molecule has 0 aliphatic heterocycles. The molecule has 0 bridgehead atoms. The third kappa shape index (κ3) is 2.44. The van der Waals surface area contributed by atoms with Gasteiger partial charge < -0.3 is 5.11 Å². The van der Waals surface area contributed by atoms with E-state index in [2.05, 4.69) is 0 Å². The third-order valence-electron chi connectivity index (χ3n) is 2.59. The van der Waals surface area contributed by atoms with Crippen molar-refractivity contribution < 1.29 is 27.1 Å². The first-order chi connectivity index (χ1) is 8.91. The Bertz CT molecular complexity index is 583. The highest BCUT2D eigenvalue weighted by Crippen LogP contribution is 2.30. The van der Waals surface area contributed by atoms with Gasteiger partial charge in [0.05, 0.1) is 11.1 Å². The highest BCUT2D eigenvalue weighted by atomic mass is 19.2. The fraction of sp³-hybridized carbons (Fsp3) is 0.0769. The van der Waals surface area contributed by atoms with E-state index in [-0.39, 0.29) is 0 Å². The van der Waals surface area contributed by atoms with E-state index in [1.807, 2.05) is 0 Å². The van der Waals surface area contributed by atoms with E-state index in [0.717, 1.165) is 18.2 Å². The zero-order valence-electron chi connectivity index (χ0n) is 9.30. The minimum atomic E-state index is -2.21. The molecule has 0 aliphatic rings. The Morgan fingerprint density at radius 1 is 0.737 bits per heavy atom. The Morgan fingerprint density at radius 2 is 1.16 bits per heavy atom. The molecule has 0 saturated heterocycles. The molecule has 0 aromatic heterocycles. The molecule has 6 heteroatoms. The lowest BCUT2D eigenvalue weighted by molar-refractivity contribution is 0.198. The monoisotopic (exact) mass is 274 g/mol. The topological polar surface area (TPSA) is 20.2 Å². The van der Waals surface area contributed by atoms with Crippen molar-refractivity contribution in [3.63, 3.8) is 0 Å². The second kappa shape index (κ2) is 4.97. The van der Waals surface area contributed by atoms with E-state index in [9.17, 15) is 27.1 Å². The Kier molecular flexibility index (Phi) is 3.53. The summed E-state index contributed by atoms with van der Waals surface area (Å²) in [5.41, 5.74) is -1.91. The van der Waals surface area contributed by atoms with E-state index in [1.54, 1.807) is 0 Å². The average Bonchev–Trinajstić information content (AvgIpc) is 2.26. The summed E-state index contributed by atoms with van der Waals surface area (Å²) in [6.45, 7) is 0. The van der Waals surface area contributed by atoms with Gasteiger partial charge in [0.2, 0.25) is 0 Å². The van der Waals surface area contributed by atoms with Gasteiger partial charge in [-0.05, 0) is 12.1 Å². The van der Waals surface area contributed by atoms with Crippen LogP contribution in [0, 0.1) is 29.1 Å². The van der Waals surface area contributed by atoms with Crippen LogP contribution in [-0.2, 0) is 0 Å². The van der Waals surface area contributed by atoms with Crippen LogP contribution < -0.4 is 0 Å². The predicted octanol–water partition coefficient (Wildman–Crippen LogP) is 3.46. The molecule has 1 nitrogen and oxygen atoms in total. The molecule has 19 heavy (non-hydrogen) atoms. The summed E-state index contributed by atoms with van der Waals surface area (Å²) >= 11 is 0. The van der Waals surface area contributed by atoms with Crippen molar-refractivity contribution in [2.75, 3.05) is 0 Å². The molecular weight excluding hydrogens is 267 g/mol. The lowest BCUT2D eigenvalue weighted by Gasteiger charge is -2.15. The van der Waals surface area contributed by atoms with Gasteiger partial charge in [-0.1, -0.05) is 6.07 Å². The molecule has 2 rings (SSSR count). The second-order valence-electron chi connectivity index (χ2n) is 3.82. The second-order valence-corrected chi connectivity index (χ2v) is 3.82. The number of rotatable bonds is 2. The normalized spacial score (nSPS) is 12.5. The summed E-state index contributed by atoms with van der Waals surface area (Å²) in [5, 5.41) is 9.72. The lowest BCUT2D eigenvalue weighted by atomic mass is 9.99. The molecule has 2 aromatic rings. The van der Waals surface area contributed by atoms with Gasteiger partial charge in [0.25, 0.3) is 0 Å². The maximum absolute atomic E-state index is 13.4. The van der Waals surface area contributed by atoms with Gasteiger partial charge in [-0.15, -0.1) is 0 Å². The van der Waals surface area contributed by atoms with Crippen molar-refractivity contribution in [1.29, 1.82) is 0 Å². The molecule has 100 valence electrons. The van der Waals surface area contributed by atoms with E-state index in [1.165, 1.54) is 0 Å². The number of hydrogen-bond donors (Lipinski definition) is 1. The zero-order valence-corrected chi connectivity index (χ0v) is 9.30. The molecule has 0 radical (unpaired) electrons. The summed E-state index contributed by atoms with van der Waals surface area (Å²) in [6.07, 6.45) is -2.21. The van der Waals surface area contributed by atoms with E-state index >= 15 is 0 Å². The molecule has 0 amide bonds. The van der Waals surface area contributed by atoms with E-state index in [4.69, 9.17) is 0 Å². The molecule has 0 aliphatic carbocycles. The minimum Gasteiger partial charge on any atom is -0.383 e. The first kappa shape index (κ1) is 13.5. The molecule has 1 atom stereocenters. The van der Waals surface area contributed by atoms with Crippen LogP contribution in [-0.4, -0.2) is 5.11 Å². The number of hydrogen-bond acceptors (Lipinski definition) is 1. The van der Waals surface area contributed by atoms with Crippen LogP contribution in [0.1, 0.15) is 17.2 Å². The maximum Gasteiger partial charge on any atom is 0.135 e. The van der Waals surface area contributed by atoms with Crippen molar-refractivity contribution in [3.05, 3.63) is 70.5 Å². The number of halogens is 5. The molecule has 0 fully saturated rings. The largest absolute Gasteiger partial charge is 0.383 e. The molecule has 0 heterocycles. The van der Waals surface area contributed by atoms with Crippen LogP contribution in [0.5, 0.6) is 0 Å². The molecule has 1 unspecified atom stereocenters. The molecule has 0 spiro atoms. The molecule has 2 aromatic carbocycles.